The monoisotopic (exact) mass is 228 g/mol. The number of aliphatic hydroxyl groups excluding tert-OH is 1. The molecule has 0 aromatic carbocycles. The quantitative estimate of drug-likeness (QED) is 0.681. The normalized spacial score (nSPS) is 29.2. The van der Waals surface area contributed by atoms with Gasteiger partial charge >= 0.3 is 12.0 Å². The minimum Gasteiger partial charge on any atom is -0.480 e. The van der Waals surface area contributed by atoms with Gasteiger partial charge in [-0.3, -0.25) is 0 Å². The van der Waals surface area contributed by atoms with Crippen molar-refractivity contribution < 1.29 is 19.8 Å². The maximum Gasteiger partial charge on any atom is 0.326 e. The topological polar surface area (TPSA) is 81.1 Å². The third-order valence-electron chi connectivity index (χ3n) is 3.21. The van der Waals surface area contributed by atoms with Gasteiger partial charge in [0.05, 0.1) is 6.10 Å². The Morgan fingerprint density at radius 1 is 1.38 bits per heavy atom. The summed E-state index contributed by atoms with van der Waals surface area (Å²) in [7, 11) is 1.68. The molecular weight excluding hydrogens is 212 g/mol. The second kappa shape index (κ2) is 3.93. The Labute approximate surface area is 93.4 Å². The van der Waals surface area contributed by atoms with Gasteiger partial charge < -0.3 is 20.0 Å². The molecular formula is C10H16N2O4. The van der Waals surface area contributed by atoms with Gasteiger partial charge in [0.15, 0.2) is 0 Å². The maximum absolute atomic E-state index is 12.0. The summed E-state index contributed by atoms with van der Waals surface area (Å²) in [5, 5.41) is 18.4. The Morgan fingerprint density at radius 3 is 2.50 bits per heavy atom. The van der Waals surface area contributed by atoms with Crippen LogP contribution in [0.3, 0.4) is 0 Å². The summed E-state index contributed by atoms with van der Waals surface area (Å²) in [6.07, 6.45) is 1.37. The third kappa shape index (κ3) is 1.97. The van der Waals surface area contributed by atoms with Crippen molar-refractivity contribution in [2.45, 2.75) is 37.5 Å². The molecule has 2 unspecified atom stereocenters. The van der Waals surface area contributed by atoms with Crippen LogP contribution in [0.5, 0.6) is 0 Å². The molecule has 0 radical (unpaired) electrons. The molecule has 1 saturated carbocycles. The van der Waals surface area contributed by atoms with Crippen molar-refractivity contribution in [1.82, 2.24) is 9.80 Å². The third-order valence-corrected chi connectivity index (χ3v) is 3.21. The van der Waals surface area contributed by atoms with Gasteiger partial charge in [0.25, 0.3) is 0 Å². The van der Waals surface area contributed by atoms with Crippen molar-refractivity contribution in [2.75, 3.05) is 13.6 Å². The number of carbonyl (C=O) groups is 2. The first-order valence-corrected chi connectivity index (χ1v) is 5.45. The lowest BCUT2D eigenvalue weighted by Crippen LogP contribution is -2.47. The van der Waals surface area contributed by atoms with Crippen LogP contribution in [0.25, 0.3) is 0 Å². The van der Waals surface area contributed by atoms with E-state index in [4.69, 9.17) is 5.11 Å². The van der Waals surface area contributed by atoms with Gasteiger partial charge in [0.2, 0.25) is 0 Å². The molecule has 2 N–H and O–H groups in total. The van der Waals surface area contributed by atoms with Crippen LogP contribution in [-0.2, 0) is 4.79 Å². The fraction of sp³-hybridized carbons (Fsp3) is 0.800. The van der Waals surface area contributed by atoms with Crippen molar-refractivity contribution in [3.63, 3.8) is 0 Å². The standard InChI is InChI=1S/C10H16N2O4/c1-11(6-2-3-6)10(16)12-5-7(13)4-8(12)9(14)15/h6-8,13H,2-5H2,1H3,(H,14,15). The van der Waals surface area contributed by atoms with Gasteiger partial charge in [-0.15, -0.1) is 0 Å². The molecule has 16 heavy (non-hydrogen) atoms. The molecule has 1 aliphatic heterocycles. The molecule has 2 aliphatic rings. The van der Waals surface area contributed by atoms with E-state index in [1.54, 1.807) is 11.9 Å². The second-order valence-corrected chi connectivity index (χ2v) is 4.52. The first-order chi connectivity index (χ1) is 7.50. The number of likely N-dealkylation sites (tertiary alicyclic amines) is 1. The summed E-state index contributed by atoms with van der Waals surface area (Å²) in [5.41, 5.74) is 0. The zero-order chi connectivity index (χ0) is 11.9. The zero-order valence-electron chi connectivity index (χ0n) is 9.17. The van der Waals surface area contributed by atoms with E-state index in [0.29, 0.717) is 0 Å². The van der Waals surface area contributed by atoms with Crippen LogP contribution < -0.4 is 0 Å². The fourth-order valence-corrected chi connectivity index (χ4v) is 2.08. The number of nitrogens with zero attached hydrogens (tertiary/aromatic N) is 2. The van der Waals surface area contributed by atoms with Crippen LogP contribution in [0, 0.1) is 0 Å². The summed E-state index contributed by atoms with van der Waals surface area (Å²) >= 11 is 0. The number of carboxylic acids is 1. The molecule has 2 rings (SSSR count). The Morgan fingerprint density at radius 2 is 2.00 bits per heavy atom. The molecule has 1 aliphatic carbocycles. The molecule has 0 spiro atoms. The van der Waals surface area contributed by atoms with Crippen LogP contribution in [0.1, 0.15) is 19.3 Å². The Hall–Kier alpha value is -1.30. The molecule has 2 amide bonds. The zero-order valence-corrected chi connectivity index (χ0v) is 9.17. The van der Waals surface area contributed by atoms with E-state index < -0.39 is 18.1 Å². The first-order valence-electron chi connectivity index (χ1n) is 5.45. The van der Waals surface area contributed by atoms with E-state index in [-0.39, 0.29) is 25.0 Å². The van der Waals surface area contributed by atoms with Gasteiger partial charge in [-0.25, -0.2) is 9.59 Å². The summed E-state index contributed by atoms with van der Waals surface area (Å²) in [6, 6.07) is -0.921. The molecule has 0 aromatic heterocycles. The Kier molecular flexibility index (Phi) is 2.75. The van der Waals surface area contributed by atoms with E-state index in [1.807, 2.05) is 0 Å². The number of carbonyl (C=O) groups excluding carboxylic acids is 1. The van der Waals surface area contributed by atoms with Crippen LogP contribution in [-0.4, -0.2) is 63.8 Å². The number of aliphatic carboxylic acids is 1. The van der Waals surface area contributed by atoms with Crippen molar-refractivity contribution in [3.05, 3.63) is 0 Å². The smallest absolute Gasteiger partial charge is 0.326 e. The predicted molar refractivity (Wildman–Crippen MR) is 54.9 cm³/mol. The van der Waals surface area contributed by atoms with E-state index >= 15 is 0 Å². The maximum atomic E-state index is 12.0. The highest BCUT2D eigenvalue weighted by molar-refractivity contribution is 5.83. The van der Waals surface area contributed by atoms with Gasteiger partial charge in [-0.1, -0.05) is 0 Å². The fourth-order valence-electron chi connectivity index (χ4n) is 2.08. The number of rotatable bonds is 2. The first kappa shape index (κ1) is 11.2. The van der Waals surface area contributed by atoms with Gasteiger partial charge in [0.1, 0.15) is 6.04 Å². The molecule has 0 bridgehead atoms. The summed E-state index contributed by atoms with van der Waals surface area (Å²) in [6.45, 7) is 0.118. The average Bonchev–Trinajstić information content (AvgIpc) is 2.99. The van der Waals surface area contributed by atoms with Crippen molar-refractivity contribution >= 4 is 12.0 Å². The molecule has 6 nitrogen and oxygen atoms in total. The highest BCUT2D eigenvalue weighted by Gasteiger charge is 2.42. The van der Waals surface area contributed by atoms with E-state index in [0.717, 1.165) is 12.8 Å². The molecule has 1 heterocycles. The van der Waals surface area contributed by atoms with Crippen molar-refractivity contribution in [1.29, 1.82) is 0 Å². The van der Waals surface area contributed by atoms with Gasteiger partial charge in [0, 0.05) is 26.1 Å². The summed E-state index contributed by atoms with van der Waals surface area (Å²) < 4.78 is 0. The number of amides is 2. The van der Waals surface area contributed by atoms with Crippen molar-refractivity contribution in [3.8, 4) is 0 Å². The average molecular weight is 228 g/mol. The largest absolute Gasteiger partial charge is 0.480 e. The van der Waals surface area contributed by atoms with Crippen LogP contribution >= 0.6 is 0 Å². The minimum absolute atomic E-state index is 0.118. The lowest BCUT2D eigenvalue weighted by molar-refractivity contribution is -0.141. The molecule has 0 aromatic rings. The van der Waals surface area contributed by atoms with Gasteiger partial charge in [-0.2, -0.15) is 0 Å². The predicted octanol–water partition coefficient (Wildman–Crippen LogP) is -0.280. The van der Waals surface area contributed by atoms with E-state index in [1.165, 1.54) is 4.90 Å². The van der Waals surface area contributed by atoms with Crippen molar-refractivity contribution in [2.24, 2.45) is 0 Å². The summed E-state index contributed by atoms with van der Waals surface area (Å²) in [4.78, 5) is 25.7. The number of carboxylic acid groups (broad SMARTS) is 1. The number of hydrogen-bond acceptors (Lipinski definition) is 3. The molecule has 90 valence electrons. The molecule has 2 atom stereocenters. The number of aliphatic hydroxyl groups is 1. The van der Waals surface area contributed by atoms with Crippen LogP contribution in [0.4, 0.5) is 4.79 Å². The van der Waals surface area contributed by atoms with E-state index in [2.05, 4.69) is 0 Å². The lowest BCUT2D eigenvalue weighted by atomic mass is 10.2. The number of urea groups is 1. The van der Waals surface area contributed by atoms with E-state index in [9.17, 15) is 14.7 Å². The molecule has 6 heteroatoms. The summed E-state index contributed by atoms with van der Waals surface area (Å²) in [5.74, 6) is -1.05. The minimum atomic E-state index is -1.05. The van der Waals surface area contributed by atoms with Crippen LogP contribution in [0.15, 0.2) is 0 Å². The number of hydrogen-bond donors (Lipinski definition) is 2. The van der Waals surface area contributed by atoms with Crippen LogP contribution in [0.2, 0.25) is 0 Å². The number of β-amino-alcohol motifs (C(OH)–C–C–N with tert-alkyl or cyclic N) is 1. The SMILES string of the molecule is CN(C(=O)N1CC(O)CC1C(=O)O)C1CC1. The Balaban J connectivity index is 2.06. The second-order valence-electron chi connectivity index (χ2n) is 4.52. The highest BCUT2D eigenvalue weighted by atomic mass is 16.4. The molecule has 1 saturated heterocycles. The molecule has 2 fully saturated rings. The Bertz CT molecular complexity index is 316. The highest BCUT2D eigenvalue weighted by Crippen LogP contribution is 2.28. The van der Waals surface area contributed by atoms with Gasteiger partial charge in [-0.05, 0) is 12.8 Å². The lowest BCUT2D eigenvalue weighted by Gasteiger charge is -2.27.